The van der Waals surface area contributed by atoms with E-state index in [9.17, 15) is 22.8 Å². The molecule has 1 fully saturated rings. The van der Waals surface area contributed by atoms with Crippen molar-refractivity contribution in [3.63, 3.8) is 0 Å². The lowest BCUT2D eigenvalue weighted by Gasteiger charge is -2.20. The van der Waals surface area contributed by atoms with Gasteiger partial charge in [-0.3, -0.25) is 20.0 Å². The van der Waals surface area contributed by atoms with Gasteiger partial charge < -0.3 is 10.6 Å². The van der Waals surface area contributed by atoms with Crippen molar-refractivity contribution in [3.8, 4) is 0 Å². The molecule has 2 amide bonds. The molecule has 186 valence electrons. The number of hydrogen-bond acceptors (Lipinski definition) is 5. The Morgan fingerprint density at radius 3 is 2.46 bits per heavy atom. The molecule has 7 nitrogen and oxygen atoms in total. The standard InChI is InChI=1S/C25H28F3N5O2/c26-25(27,28)16-29-23(34)19-10-13-22(33-15-21(31-32-33)24(35)30-20-11-12-20)18(14-19)9-5-4-8-17-6-2-1-3-7-17/h1-3,6-7,10,13-15,20,31-32H,4-5,8-9,11-12,16H2,(H,29,34)(H,30,35). The van der Waals surface area contributed by atoms with Gasteiger partial charge >= 0.3 is 6.18 Å². The average molecular weight is 488 g/mol. The summed E-state index contributed by atoms with van der Waals surface area (Å²) in [5.41, 5.74) is 9.01. The highest BCUT2D eigenvalue weighted by Gasteiger charge is 2.29. The number of hydrogen-bond donors (Lipinski definition) is 4. The highest BCUT2D eigenvalue weighted by Crippen LogP contribution is 2.26. The first-order valence-electron chi connectivity index (χ1n) is 11.6. The summed E-state index contributed by atoms with van der Waals surface area (Å²) in [5.74, 6) is -0.998. The molecule has 35 heavy (non-hydrogen) atoms. The van der Waals surface area contributed by atoms with E-state index in [2.05, 4.69) is 28.4 Å². The summed E-state index contributed by atoms with van der Waals surface area (Å²) in [7, 11) is 0. The number of benzene rings is 2. The maximum atomic E-state index is 12.5. The number of nitrogens with one attached hydrogen (secondary N) is 4. The Bertz CT molecular complexity index is 1080. The molecule has 1 heterocycles. The summed E-state index contributed by atoms with van der Waals surface area (Å²) in [6.07, 6.45) is 2.32. The second-order valence-corrected chi connectivity index (χ2v) is 8.73. The minimum atomic E-state index is -4.48. The van der Waals surface area contributed by atoms with E-state index in [1.54, 1.807) is 23.3 Å². The summed E-state index contributed by atoms with van der Waals surface area (Å²) in [5, 5.41) is 6.47. The molecule has 0 radical (unpaired) electrons. The van der Waals surface area contributed by atoms with E-state index in [-0.39, 0.29) is 17.5 Å². The van der Waals surface area contributed by atoms with Crippen LogP contribution in [0.15, 0.2) is 60.4 Å². The molecule has 0 atom stereocenters. The van der Waals surface area contributed by atoms with E-state index < -0.39 is 18.6 Å². The maximum absolute atomic E-state index is 12.5. The third-order valence-corrected chi connectivity index (χ3v) is 5.78. The Hall–Kier alpha value is -3.53. The van der Waals surface area contributed by atoms with Gasteiger partial charge in [-0.2, -0.15) is 13.2 Å². The van der Waals surface area contributed by atoms with Crippen LogP contribution in [0.25, 0.3) is 0 Å². The molecule has 4 rings (SSSR count). The van der Waals surface area contributed by atoms with Crippen molar-refractivity contribution >= 4 is 17.5 Å². The number of alkyl halides is 3. The molecule has 2 aliphatic rings. The molecule has 4 N–H and O–H groups in total. The fraction of sp³-hybridized carbons (Fsp3) is 0.360. The first kappa shape index (κ1) is 24.6. The van der Waals surface area contributed by atoms with Crippen LogP contribution in [0.5, 0.6) is 0 Å². The van der Waals surface area contributed by atoms with Crippen molar-refractivity contribution in [1.82, 2.24) is 21.6 Å². The zero-order valence-electron chi connectivity index (χ0n) is 19.1. The molecule has 1 aliphatic heterocycles. The molecule has 0 saturated heterocycles. The van der Waals surface area contributed by atoms with Gasteiger partial charge in [-0.05, 0) is 67.9 Å². The normalized spacial score (nSPS) is 15.4. The second-order valence-electron chi connectivity index (χ2n) is 8.73. The summed E-state index contributed by atoms with van der Waals surface area (Å²) in [6.45, 7) is -1.39. The Balaban J connectivity index is 1.47. The number of hydrazine groups is 2. The van der Waals surface area contributed by atoms with Crippen LogP contribution in [0.2, 0.25) is 0 Å². The quantitative estimate of drug-likeness (QED) is 0.386. The van der Waals surface area contributed by atoms with Crippen molar-refractivity contribution in [2.75, 3.05) is 11.6 Å². The smallest absolute Gasteiger partial charge is 0.348 e. The van der Waals surface area contributed by atoms with Gasteiger partial charge in [-0.25, -0.2) is 0 Å². The van der Waals surface area contributed by atoms with Crippen molar-refractivity contribution in [3.05, 3.63) is 77.1 Å². The highest BCUT2D eigenvalue weighted by molar-refractivity contribution is 5.95. The number of aryl methyl sites for hydroxylation is 2. The number of amides is 2. The van der Waals surface area contributed by atoms with Gasteiger partial charge in [0.15, 0.2) is 0 Å². The zero-order chi connectivity index (χ0) is 24.8. The van der Waals surface area contributed by atoms with Crippen molar-refractivity contribution in [1.29, 1.82) is 0 Å². The van der Waals surface area contributed by atoms with Crippen molar-refractivity contribution < 1.29 is 22.8 Å². The number of carbonyl (C=O) groups is 2. The van der Waals surface area contributed by atoms with Crippen molar-refractivity contribution in [2.24, 2.45) is 0 Å². The Kier molecular flexibility index (Phi) is 7.60. The van der Waals surface area contributed by atoms with Crippen LogP contribution in [0.4, 0.5) is 18.9 Å². The van der Waals surface area contributed by atoms with Crippen LogP contribution in [-0.2, 0) is 17.6 Å². The Morgan fingerprint density at radius 1 is 1.00 bits per heavy atom. The summed E-state index contributed by atoms with van der Waals surface area (Å²) >= 11 is 0. The van der Waals surface area contributed by atoms with E-state index in [0.29, 0.717) is 17.8 Å². The second kappa shape index (κ2) is 10.8. The van der Waals surface area contributed by atoms with Gasteiger partial charge in [-0.1, -0.05) is 30.3 Å². The summed E-state index contributed by atoms with van der Waals surface area (Å²) in [4.78, 5) is 24.7. The molecule has 2 aromatic carbocycles. The molecule has 0 bridgehead atoms. The number of carbonyl (C=O) groups excluding carboxylic acids is 2. The van der Waals surface area contributed by atoms with Gasteiger partial charge in [0.1, 0.15) is 12.2 Å². The lowest BCUT2D eigenvalue weighted by Crippen LogP contribution is -2.40. The molecule has 1 aliphatic carbocycles. The highest BCUT2D eigenvalue weighted by atomic mass is 19.4. The van der Waals surface area contributed by atoms with Crippen LogP contribution >= 0.6 is 0 Å². The fourth-order valence-electron chi connectivity index (χ4n) is 3.78. The predicted molar refractivity (Wildman–Crippen MR) is 126 cm³/mol. The third-order valence-electron chi connectivity index (χ3n) is 5.78. The van der Waals surface area contributed by atoms with Crippen LogP contribution < -0.4 is 26.6 Å². The lowest BCUT2D eigenvalue weighted by molar-refractivity contribution is -0.123. The molecule has 10 heteroatoms. The third kappa shape index (κ3) is 7.22. The predicted octanol–water partition coefficient (Wildman–Crippen LogP) is 3.49. The average Bonchev–Trinajstić information content (AvgIpc) is 3.51. The number of unbranched alkanes of at least 4 members (excludes halogenated alkanes) is 1. The molecule has 2 aromatic rings. The molecular formula is C25H28F3N5O2. The maximum Gasteiger partial charge on any atom is 0.405 e. The molecular weight excluding hydrogens is 459 g/mol. The zero-order valence-corrected chi connectivity index (χ0v) is 19.1. The van der Waals surface area contributed by atoms with E-state index in [0.717, 1.165) is 37.7 Å². The van der Waals surface area contributed by atoms with Gasteiger partial charge in [0, 0.05) is 11.6 Å². The Labute approximate surface area is 201 Å². The van der Waals surface area contributed by atoms with E-state index in [1.165, 1.54) is 11.6 Å². The van der Waals surface area contributed by atoms with E-state index >= 15 is 0 Å². The van der Waals surface area contributed by atoms with Gasteiger partial charge in [0.2, 0.25) is 0 Å². The van der Waals surface area contributed by atoms with Crippen LogP contribution in [0.3, 0.4) is 0 Å². The molecule has 0 unspecified atom stereocenters. The minimum Gasteiger partial charge on any atom is -0.348 e. The molecule has 1 saturated carbocycles. The fourth-order valence-corrected chi connectivity index (χ4v) is 3.78. The number of halogens is 3. The summed E-state index contributed by atoms with van der Waals surface area (Å²) in [6, 6.07) is 15.1. The van der Waals surface area contributed by atoms with Crippen LogP contribution in [0, 0.1) is 0 Å². The summed E-state index contributed by atoms with van der Waals surface area (Å²) < 4.78 is 37.6. The van der Waals surface area contributed by atoms with E-state index in [1.807, 2.05) is 23.5 Å². The molecule has 0 spiro atoms. The number of nitrogens with zero attached hydrogens (tertiary/aromatic N) is 1. The largest absolute Gasteiger partial charge is 0.405 e. The Morgan fingerprint density at radius 2 is 1.74 bits per heavy atom. The number of rotatable bonds is 10. The first-order chi connectivity index (χ1) is 16.8. The van der Waals surface area contributed by atoms with Crippen molar-refractivity contribution in [2.45, 2.75) is 50.7 Å². The monoisotopic (exact) mass is 487 g/mol. The minimum absolute atomic E-state index is 0.152. The van der Waals surface area contributed by atoms with Crippen LogP contribution in [0.1, 0.15) is 47.2 Å². The lowest BCUT2D eigenvalue weighted by atomic mass is 10.00. The van der Waals surface area contributed by atoms with Gasteiger partial charge in [-0.15, -0.1) is 5.53 Å². The topological polar surface area (TPSA) is 85.5 Å². The molecule has 0 aromatic heterocycles. The first-order valence-corrected chi connectivity index (χ1v) is 11.6. The number of anilines is 1. The van der Waals surface area contributed by atoms with Gasteiger partial charge in [0.05, 0.1) is 11.9 Å². The van der Waals surface area contributed by atoms with E-state index in [4.69, 9.17) is 0 Å². The van der Waals surface area contributed by atoms with Crippen LogP contribution in [-0.4, -0.2) is 30.6 Å². The SMILES string of the molecule is O=C(NC1CC1)C1=CN(c2ccc(C(=O)NCC(F)(F)F)cc2CCCCc2ccccc2)NN1. The van der Waals surface area contributed by atoms with Gasteiger partial charge in [0.25, 0.3) is 11.8 Å².